The molecule has 0 aromatic heterocycles. The first kappa shape index (κ1) is 18.0. The minimum atomic E-state index is -2.04. The van der Waals surface area contributed by atoms with Gasteiger partial charge in [-0.25, -0.2) is 0 Å². The van der Waals surface area contributed by atoms with Crippen molar-refractivity contribution in [3.8, 4) is 0 Å². The van der Waals surface area contributed by atoms with Crippen LogP contribution in [0, 0.1) is 0 Å². The number of benzene rings is 3. The molecule has 0 aliphatic carbocycles. The normalized spacial score (nSPS) is 12.3. The van der Waals surface area contributed by atoms with Gasteiger partial charge in [0.15, 0.2) is 0 Å². The molecular formula is C23H21O2P. The molecule has 0 saturated heterocycles. The van der Waals surface area contributed by atoms with Crippen LogP contribution in [0.2, 0.25) is 0 Å². The molecule has 26 heavy (non-hydrogen) atoms. The van der Waals surface area contributed by atoms with Gasteiger partial charge in [-0.15, -0.1) is 0 Å². The minimum absolute atomic E-state index is 0.353. The van der Waals surface area contributed by atoms with Gasteiger partial charge in [-0.05, 0) is 55.7 Å². The average Bonchev–Trinajstić information content (AvgIpc) is 2.73. The van der Waals surface area contributed by atoms with E-state index < -0.39 is 7.26 Å². The third-order valence-corrected chi connectivity index (χ3v) is 8.19. The molecule has 0 atom stereocenters. The Labute approximate surface area is 155 Å². The molecule has 0 aliphatic heterocycles. The Morgan fingerprint density at radius 2 is 1.12 bits per heavy atom. The van der Waals surface area contributed by atoms with Crippen molar-refractivity contribution in [1.29, 1.82) is 0 Å². The summed E-state index contributed by atoms with van der Waals surface area (Å²) in [6.07, 6.45) is 3.30. The van der Waals surface area contributed by atoms with Crippen LogP contribution in [0.5, 0.6) is 0 Å². The van der Waals surface area contributed by atoms with Crippen LogP contribution >= 0.6 is 7.26 Å². The van der Waals surface area contributed by atoms with Gasteiger partial charge in [0.05, 0.1) is 11.8 Å². The smallest absolute Gasteiger partial charge is 0.136 e. The van der Waals surface area contributed by atoms with Crippen molar-refractivity contribution in [1.82, 2.24) is 0 Å². The van der Waals surface area contributed by atoms with Crippen LogP contribution in [0.1, 0.15) is 0 Å². The molecule has 0 aliphatic rings. The van der Waals surface area contributed by atoms with Gasteiger partial charge in [0.25, 0.3) is 0 Å². The lowest BCUT2D eigenvalue weighted by atomic mass is 10.4. The molecule has 0 N–H and O–H groups in total. The Balaban J connectivity index is 2.28. The number of ether oxygens (including phenoxy) is 1. The third-order valence-electron chi connectivity index (χ3n) is 4.23. The third kappa shape index (κ3) is 3.71. The minimum Gasteiger partial charge on any atom is -0.617 e. The van der Waals surface area contributed by atoms with Crippen molar-refractivity contribution >= 4 is 23.2 Å². The van der Waals surface area contributed by atoms with Crippen molar-refractivity contribution in [2.75, 3.05) is 7.11 Å². The molecule has 2 nitrogen and oxygen atoms in total. The van der Waals surface area contributed by atoms with E-state index in [4.69, 9.17) is 4.74 Å². The monoisotopic (exact) mass is 360 g/mol. The van der Waals surface area contributed by atoms with Crippen LogP contribution < -0.4 is 21.0 Å². The zero-order valence-corrected chi connectivity index (χ0v) is 15.6. The van der Waals surface area contributed by atoms with Crippen LogP contribution in [-0.2, 0) is 4.74 Å². The molecule has 0 spiro atoms. The van der Waals surface area contributed by atoms with Gasteiger partial charge in [0, 0.05) is 0 Å². The Kier molecular flexibility index (Phi) is 5.88. The Morgan fingerprint density at radius 1 is 0.731 bits per heavy atom. The summed E-state index contributed by atoms with van der Waals surface area (Å²) in [6.45, 7) is 0. The maximum absolute atomic E-state index is 11.6. The maximum Gasteiger partial charge on any atom is 0.136 e. The van der Waals surface area contributed by atoms with Gasteiger partial charge in [-0.3, -0.25) is 0 Å². The second kappa shape index (κ2) is 8.51. The van der Waals surface area contributed by atoms with E-state index in [9.17, 15) is 5.11 Å². The largest absolute Gasteiger partial charge is 0.617 e. The van der Waals surface area contributed by atoms with E-state index in [0.717, 1.165) is 0 Å². The predicted molar refractivity (Wildman–Crippen MR) is 109 cm³/mol. The first-order chi connectivity index (χ1) is 12.8. The SMILES string of the molecule is CO/C([O-])=C/C=C/[P+](c1ccccc1)(c1ccccc1)c1ccccc1. The Morgan fingerprint density at radius 3 is 1.46 bits per heavy atom. The summed E-state index contributed by atoms with van der Waals surface area (Å²) >= 11 is 0. The highest BCUT2D eigenvalue weighted by Gasteiger charge is 2.42. The fourth-order valence-electron chi connectivity index (χ4n) is 3.01. The lowest BCUT2D eigenvalue weighted by Crippen LogP contribution is -2.29. The van der Waals surface area contributed by atoms with Gasteiger partial charge in [-0.2, -0.15) is 0 Å². The fourth-order valence-corrected chi connectivity index (χ4v) is 6.70. The molecule has 130 valence electrons. The molecule has 0 saturated carbocycles. The highest BCUT2D eigenvalue weighted by atomic mass is 31.2. The standard InChI is InChI=1S/C23H21O2P/c1-25-23(24)18-11-19-26(20-12-5-2-6-13-20,21-14-7-3-8-15-21)22-16-9-4-10-17-22/h2-19H,1H3/b19-11+,23-18+. The molecule has 3 aromatic rings. The fraction of sp³-hybridized carbons (Fsp3) is 0.0435. The summed E-state index contributed by atoms with van der Waals surface area (Å²) in [5.74, 6) is 1.82. The topological polar surface area (TPSA) is 32.3 Å². The molecule has 0 amide bonds. The first-order valence-corrected chi connectivity index (χ1v) is 10.3. The summed E-state index contributed by atoms with van der Waals surface area (Å²) < 4.78 is 4.75. The average molecular weight is 360 g/mol. The van der Waals surface area contributed by atoms with Gasteiger partial charge >= 0.3 is 0 Å². The Bertz CT molecular complexity index is 775. The molecule has 3 aromatic carbocycles. The van der Waals surface area contributed by atoms with E-state index in [-0.39, 0.29) is 5.95 Å². The van der Waals surface area contributed by atoms with E-state index in [2.05, 4.69) is 78.6 Å². The van der Waals surface area contributed by atoms with Gasteiger partial charge < -0.3 is 9.84 Å². The maximum atomic E-state index is 11.6. The molecule has 3 heteroatoms. The van der Waals surface area contributed by atoms with Crippen molar-refractivity contribution < 1.29 is 9.84 Å². The number of methoxy groups -OCH3 is 1. The quantitative estimate of drug-likeness (QED) is 0.384. The second-order valence-electron chi connectivity index (χ2n) is 5.76. The van der Waals surface area contributed by atoms with Crippen LogP contribution in [0.15, 0.2) is 115 Å². The summed E-state index contributed by atoms with van der Waals surface area (Å²) in [5.41, 5.74) is 0. The lowest BCUT2D eigenvalue weighted by Gasteiger charge is -2.24. The number of rotatable bonds is 6. The Hall–Kier alpha value is -2.83. The summed E-state index contributed by atoms with van der Waals surface area (Å²) in [4.78, 5) is 0. The number of hydrogen-bond acceptors (Lipinski definition) is 2. The van der Waals surface area contributed by atoms with E-state index in [1.165, 1.54) is 29.1 Å². The highest BCUT2D eigenvalue weighted by Crippen LogP contribution is 2.56. The summed E-state index contributed by atoms with van der Waals surface area (Å²) in [5, 5.41) is 15.3. The van der Waals surface area contributed by atoms with Crippen LogP contribution in [0.4, 0.5) is 0 Å². The zero-order valence-electron chi connectivity index (χ0n) is 14.7. The molecular weight excluding hydrogens is 339 g/mol. The van der Waals surface area contributed by atoms with Gasteiger partial charge in [-0.1, -0.05) is 54.6 Å². The molecule has 0 bridgehead atoms. The van der Waals surface area contributed by atoms with Crippen molar-refractivity contribution in [2.45, 2.75) is 0 Å². The van der Waals surface area contributed by atoms with Gasteiger partial charge in [0.1, 0.15) is 23.2 Å². The molecule has 0 unspecified atom stereocenters. The number of hydrogen-bond donors (Lipinski definition) is 0. The zero-order chi connectivity index (χ0) is 18.2. The summed E-state index contributed by atoms with van der Waals surface area (Å²) in [7, 11) is -0.650. The molecule has 0 heterocycles. The van der Waals surface area contributed by atoms with E-state index in [1.807, 2.05) is 24.3 Å². The summed E-state index contributed by atoms with van der Waals surface area (Å²) in [6, 6.07) is 31.4. The van der Waals surface area contributed by atoms with Gasteiger partial charge in [0.2, 0.25) is 0 Å². The van der Waals surface area contributed by atoms with Crippen molar-refractivity contribution in [2.24, 2.45) is 0 Å². The first-order valence-electron chi connectivity index (χ1n) is 8.43. The van der Waals surface area contributed by atoms with Crippen LogP contribution in [0.3, 0.4) is 0 Å². The van der Waals surface area contributed by atoms with Crippen molar-refractivity contribution in [3.05, 3.63) is 115 Å². The molecule has 3 rings (SSSR count). The van der Waals surface area contributed by atoms with Crippen LogP contribution in [-0.4, -0.2) is 7.11 Å². The van der Waals surface area contributed by atoms with Crippen molar-refractivity contribution in [3.63, 3.8) is 0 Å². The number of allylic oxidation sites excluding steroid dienone is 2. The van der Waals surface area contributed by atoms with Crippen LogP contribution in [0.25, 0.3) is 0 Å². The highest BCUT2D eigenvalue weighted by molar-refractivity contribution is 7.98. The predicted octanol–water partition coefficient (Wildman–Crippen LogP) is 3.34. The van der Waals surface area contributed by atoms with E-state index in [0.29, 0.717) is 0 Å². The molecule has 0 fully saturated rings. The van der Waals surface area contributed by atoms with E-state index >= 15 is 0 Å². The second-order valence-corrected chi connectivity index (χ2v) is 9.05. The van der Waals surface area contributed by atoms with E-state index in [1.54, 1.807) is 0 Å². The lowest BCUT2D eigenvalue weighted by molar-refractivity contribution is -0.353. The molecule has 0 radical (unpaired) electrons.